The highest BCUT2D eigenvalue weighted by Crippen LogP contribution is 2.26. The predicted octanol–water partition coefficient (Wildman–Crippen LogP) is 3.75. The molecule has 1 aliphatic heterocycles. The lowest BCUT2D eigenvalue weighted by atomic mass is 10.1. The average Bonchev–Trinajstić information content (AvgIpc) is 3.08. The topological polar surface area (TPSA) is 41.6 Å². The molecule has 1 aliphatic rings. The zero-order valence-corrected chi connectivity index (χ0v) is 13.7. The molecule has 1 heterocycles. The number of ether oxygens (including phenoxy) is 1. The average molecular weight is 328 g/mol. The lowest BCUT2D eigenvalue weighted by Gasteiger charge is -2.20. The summed E-state index contributed by atoms with van der Waals surface area (Å²) in [4.78, 5) is 14.3. The fourth-order valence-corrected chi connectivity index (χ4v) is 2.95. The molecule has 3 rings (SSSR count). The maximum atomic E-state index is 13.5. The number of para-hydroxylation sites is 1. The number of nitrogens with one attached hydrogen (secondary N) is 1. The van der Waals surface area contributed by atoms with E-state index in [1.165, 1.54) is 30.7 Å². The van der Waals surface area contributed by atoms with Crippen LogP contribution in [0.4, 0.5) is 15.8 Å². The molecule has 0 bridgehead atoms. The zero-order valence-electron chi connectivity index (χ0n) is 13.7. The van der Waals surface area contributed by atoms with E-state index in [0.29, 0.717) is 0 Å². The lowest BCUT2D eigenvalue weighted by Crippen LogP contribution is -2.21. The van der Waals surface area contributed by atoms with Crippen LogP contribution in [0.1, 0.15) is 18.4 Å². The molecule has 1 amide bonds. The van der Waals surface area contributed by atoms with Crippen molar-refractivity contribution in [2.75, 3.05) is 29.9 Å². The fraction of sp³-hybridized carbons (Fsp3) is 0.316. The molecule has 0 atom stereocenters. The van der Waals surface area contributed by atoms with E-state index in [0.717, 1.165) is 24.3 Å². The monoisotopic (exact) mass is 328 g/mol. The number of halogens is 1. The van der Waals surface area contributed by atoms with Gasteiger partial charge in [0, 0.05) is 24.5 Å². The fourth-order valence-electron chi connectivity index (χ4n) is 2.95. The van der Waals surface area contributed by atoms with Gasteiger partial charge in [-0.15, -0.1) is 0 Å². The van der Waals surface area contributed by atoms with Gasteiger partial charge in [-0.3, -0.25) is 4.79 Å². The summed E-state index contributed by atoms with van der Waals surface area (Å²) < 4.78 is 18.7. The standard InChI is InChI=1S/C19H21FN2O2/c1-14-12-15(8-9-17(14)22-10-4-5-11-22)21-19(23)13-24-18-7-3-2-6-16(18)20/h2-3,6-9,12H,4-5,10-11,13H2,1H3,(H,21,23). The van der Waals surface area contributed by atoms with Crippen molar-refractivity contribution in [2.24, 2.45) is 0 Å². The van der Waals surface area contributed by atoms with Gasteiger partial charge in [-0.05, 0) is 55.7 Å². The quantitative estimate of drug-likeness (QED) is 0.909. The molecule has 1 N–H and O–H groups in total. The molecular weight excluding hydrogens is 307 g/mol. The van der Waals surface area contributed by atoms with Crippen molar-refractivity contribution in [1.82, 2.24) is 0 Å². The highest BCUT2D eigenvalue weighted by Gasteiger charge is 2.15. The third-order valence-corrected chi connectivity index (χ3v) is 4.12. The normalized spacial score (nSPS) is 13.8. The number of hydrogen-bond donors (Lipinski definition) is 1. The highest BCUT2D eigenvalue weighted by atomic mass is 19.1. The largest absolute Gasteiger partial charge is 0.481 e. The number of rotatable bonds is 5. The molecule has 0 aliphatic carbocycles. The van der Waals surface area contributed by atoms with Gasteiger partial charge in [0.15, 0.2) is 18.2 Å². The molecule has 2 aromatic carbocycles. The SMILES string of the molecule is Cc1cc(NC(=O)COc2ccccc2F)ccc1N1CCCC1. The Morgan fingerprint density at radius 3 is 2.67 bits per heavy atom. The Morgan fingerprint density at radius 1 is 1.21 bits per heavy atom. The molecule has 4 nitrogen and oxygen atoms in total. The highest BCUT2D eigenvalue weighted by molar-refractivity contribution is 5.92. The van der Waals surface area contributed by atoms with Crippen molar-refractivity contribution in [3.63, 3.8) is 0 Å². The van der Waals surface area contributed by atoms with Crippen LogP contribution >= 0.6 is 0 Å². The first-order chi connectivity index (χ1) is 11.6. The third kappa shape index (κ3) is 3.85. The molecule has 0 aromatic heterocycles. The zero-order chi connectivity index (χ0) is 16.9. The van der Waals surface area contributed by atoms with Crippen LogP contribution in [0.25, 0.3) is 0 Å². The molecular formula is C19H21FN2O2. The van der Waals surface area contributed by atoms with E-state index in [4.69, 9.17) is 4.74 Å². The molecule has 5 heteroatoms. The summed E-state index contributed by atoms with van der Waals surface area (Å²) in [6.45, 7) is 3.99. The second-order valence-corrected chi connectivity index (χ2v) is 5.96. The summed E-state index contributed by atoms with van der Waals surface area (Å²) in [5, 5.41) is 2.79. The maximum absolute atomic E-state index is 13.5. The van der Waals surface area contributed by atoms with E-state index in [-0.39, 0.29) is 18.3 Å². The van der Waals surface area contributed by atoms with Crippen molar-refractivity contribution >= 4 is 17.3 Å². The van der Waals surface area contributed by atoms with Gasteiger partial charge >= 0.3 is 0 Å². The second-order valence-electron chi connectivity index (χ2n) is 5.96. The number of benzene rings is 2. The molecule has 0 unspecified atom stereocenters. The summed E-state index contributed by atoms with van der Waals surface area (Å²) in [5.41, 5.74) is 3.07. The van der Waals surface area contributed by atoms with Crippen LogP contribution in [0.3, 0.4) is 0 Å². The van der Waals surface area contributed by atoms with Gasteiger partial charge in [0.2, 0.25) is 0 Å². The number of amides is 1. The number of anilines is 2. The van der Waals surface area contributed by atoms with Crippen LogP contribution in [-0.2, 0) is 4.79 Å². The van der Waals surface area contributed by atoms with E-state index < -0.39 is 5.82 Å². The van der Waals surface area contributed by atoms with Gasteiger partial charge in [0.1, 0.15) is 0 Å². The number of aryl methyl sites for hydroxylation is 1. The van der Waals surface area contributed by atoms with E-state index in [1.807, 2.05) is 25.1 Å². The first kappa shape index (κ1) is 16.3. The molecule has 24 heavy (non-hydrogen) atoms. The van der Waals surface area contributed by atoms with Crippen LogP contribution in [0.5, 0.6) is 5.75 Å². The maximum Gasteiger partial charge on any atom is 0.262 e. The van der Waals surface area contributed by atoms with Crippen LogP contribution in [0.2, 0.25) is 0 Å². The summed E-state index contributed by atoms with van der Waals surface area (Å²) >= 11 is 0. The van der Waals surface area contributed by atoms with Crippen LogP contribution < -0.4 is 15.0 Å². The minimum atomic E-state index is -0.476. The molecule has 126 valence electrons. The summed E-state index contributed by atoms with van der Waals surface area (Å²) in [5.74, 6) is -0.712. The summed E-state index contributed by atoms with van der Waals surface area (Å²) in [6, 6.07) is 11.9. The van der Waals surface area contributed by atoms with E-state index >= 15 is 0 Å². The Bertz CT molecular complexity index is 727. The van der Waals surface area contributed by atoms with Crippen molar-refractivity contribution in [3.05, 3.63) is 53.8 Å². The van der Waals surface area contributed by atoms with Gasteiger partial charge in [-0.25, -0.2) is 4.39 Å². The molecule has 0 spiro atoms. The lowest BCUT2D eigenvalue weighted by molar-refractivity contribution is -0.118. The van der Waals surface area contributed by atoms with Crippen molar-refractivity contribution in [2.45, 2.75) is 19.8 Å². The minimum Gasteiger partial charge on any atom is -0.481 e. The Kier molecular flexibility index (Phi) is 4.99. The number of carbonyl (C=O) groups is 1. The summed E-state index contributed by atoms with van der Waals surface area (Å²) in [6.07, 6.45) is 2.45. The summed E-state index contributed by atoms with van der Waals surface area (Å²) in [7, 11) is 0. The van der Waals surface area contributed by atoms with Crippen molar-refractivity contribution in [1.29, 1.82) is 0 Å². The smallest absolute Gasteiger partial charge is 0.262 e. The van der Waals surface area contributed by atoms with Crippen molar-refractivity contribution in [3.8, 4) is 5.75 Å². The van der Waals surface area contributed by atoms with Crippen molar-refractivity contribution < 1.29 is 13.9 Å². The Hall–Kier alpha value is -2.56. The van der Waals surface area contributed by atoms with E-state index in [9.17, 15) is 9.18 Å². The first-order valence-electron chi connectivity index (χ1n) is 8.16. The third-order valence-electron chi connectivity index (χ3n) is 4.12. The molecule has 2 aromatic rings. The molecule has 0 saturated carbocycles. The van der Waals surface area contributed by atoms with Gasteiger partial charge in [0.25, 0.3) is 5.91 Å². The molecule has 0 radical (unpaired) electrons. The Morgan fingerprint density at radius 2 is 1.96 bits per heavy atom. The van der Waals surface area contributed by atoms with Gasteiger partial charge in [0.05, 0.1) is 0 Å². The first-order valence-corrected chi connectivity index (χ1v) is 8.16. The van der Waals surface area contributed by atoms with Crippen LogP contribution in [-0.4, -0.2) is 25.6 Å². The van der Waals surface area contributed by atoms with E-state index in [2.05, 4.69) is 10.2 Å². The Balaban J connectivity index is 1.58. The minimum absolute atomic E-state index is 0.0770. The predicted molar refractivity (Wildman–Crippen MR) is 93.2 cm³/mol. The van der Waals surface area contributed by atoms with E-state index in [1.54, 1.807) is 12.1 Å². The molecule has 1 saturated heterocycles. The Labute approximate surface area is 141 Å². The van der Waals surface area contributed by atoms with Gasteiger partial charge in [-0.2, -0.15) is 0 Å². The number of nitrogens with zero attached hydrogens (tertiary/aromatic N) is 1. The molecule has 1 fully saturated rings. The van der Waals surface area contributed by atoms with Crippen LogP contribution in [0.15, 0.2) is 42.5 Å². The van der Waals surface area contributed by atoms with Gasteiger partial charge < -0.3 is 15.0 Å². The van der Waals surface area contributed by atoms with Gasteiger partial charge in [-0.1, -0.05) is 12.1 Å². The number of carbonyl (C=O) groups excluding carboxylic acids is 1. The number of hydrogen-bond acceptors (Lipinski definition) is 3. The second kappa shape index (κ2) is 7.34. The van der Waals surface area contributed by atoms with Crippen LogP contribution in [0, 0.1) is 12.7 Å².